The standard InChI is InChI=1S/C41H61NO6/c1-5-8-10-11-12-13-14-18-23-37(46-32-34-20-16-15-17-21-34)40(47-33-35-24-26-36(44-4)27-25-35)38(19-7-3)48-39(22-9-6-2)41(43)42-28-30-45-31-29-42/h6-7,15-17,20-21,24-27,37-40H,2-3,5,8-14,18-19,22-23,28-33H2,1,4H3/t37-,38+,39+,40+/m1/s1. The van der Waals surface area contributed by atoms with Crippen molar-refractivity contribution in [1.82, 2.24) is 4.90 Å². The topological polar surface area (TPSA) is 66.5 Å². The lowest BCUT2D eigenvalue weighted by Crippen LogP contribution is -2.50. The fourth-order valence-corrected chi connectivity index (χ4v) is 6.12. The largest absolute Gasteiger partial charge is 0.497 e. The van der Waals surface area contributed by atoms with Crippen molar-refractivity contribution in [1.29, 1.82) is 0 Å². The molecule has 0 aliphatic carbocycles. The van der Waals surface area contributed by atoms with Crippen LogP contribution in [0.25, 0.3) is 0 Å². The molecule has 1 fully saturated rings. The maximum atomic E-state index is 13.8. The third-order valence-electron chi connectivity index (χ3n) is 8.95. The Labute approximate surface area is 290 Å². The van der Waals surface area contributed by atoms with E-state index >= 15 is 0 Å². The second kappa shape index (κ2) is 24.2. The van der Waals surface area contributed by atoms with Crippen molar-refractivity contribution in [3.8, 4) is 5.75 Å². The van der Waals surface area contributed by atoms with Crippen LogP contribution in [-0.2, 0) is 37.0 Å². The number of morpholine rings is 1. The van der Waals surface area contributed by atoms with Crippen LogP contribution >= 0.6 is 0 Å². The zero-order chi connectivity index (χ0) is 34.2. The highest BCUT2D eigenvalue weighted by atomic mass is 16.6. The SMILES string of the molecule is C=CCC[C@H](O[C@@H](CC=C)[C@@H](OCc1ccc(OC)cc1)[C@@H](CCCCCCCCCC)OCc1ccccc1)C(=O)N1CCOCC1. The molecular formula is C41H61NO6. The monoisotopic (exact) mass is 663 g/mol. The molecule has 0 aromatic heterocycles. The van der Waals surface area contributed by atoms with Gasteiger partial charge in [0.15, 0.2) is 0 Å². The molecule has 1 aliphatic heterocycles. The van der Waals surface area contributed by atoms with Crippen LogP contribution in [0.1, 0.15) is 95.1 Å². The summed E-state index contributed by atoms with van der Waals surface area (Å²) in [5.41, 5.74) is 2.14. The Morgan fingerprint density at radius 1 is 0.812 bits per heavy atom. The number of ether oxygens (including phenoxy) is 5. The van der Waals surface area contributed by atoms with Crippen LogP contribution in [0, 0.1) is 0 Å². The number of benzene rings is 2. The molecule has 0 N–H and O–H groups in total. The van der Waals surface area contributed by atoms with Crippen molar-refractivity contribution >= 4 is 5.91 Å². The minimum absolute atomic E-state index is 0.00653. The first-order valence-electron chi connectivity index (χ1n) is 18.2. The van der Waals surface area contributed by atoms with E-state index in [1.807, 2.05) is 59.5 Å². The lowest BCUT2D eigenvalue weighted by Gasteiger charge is -2.37. The number of carbonyl (C=O) groups excluding carboxylic acids is 1. The Kier molecular flexibility index (Phi) is 19.9. The van der Waals surface area contributed by atoms with Crippen LogP contribution in [0.5, 0.6) is 5.75 Å². The van der Waals surface area contributed by atoms with Crippen molar-refractivity contribution in [2.24, 2.45) is 0 Å². The normalized spacial score (nSPS) is 15.8. The van der Waals surface area contributed by atoms with E-state index in [0.29, 0.717) is 58.8 Å². The van der Waals surface area contributed by atoms with Crippen LogP contribution in [0.2, 0.25) is 0 Å². The molecule has 1 saturated heterocycles. The highest BCUT2D eigenvalue weighted by molar-refractivity contribution is 5.81. The van der Waals surface area contributed by atoms with Gasteiger partial charge in [0.05, 0.1) is 45.7 Å². The molecule has 3 rings (SSSR count). The lowest BCUT2D eigenvalue weighted by molar-refractivity contribution is -0.178. The molecule has 1 heterocycles. The Morgan fingerprint density at radius 3 is 2.10 bits per heavy atom. The van der Waals surface area contributed by atoms with E-state index in [0.717, 1.165) is 36.1 Å². The maximum Gasteiger partial charge on any atom is 0.251 e. The average Bonchev–Trinajstić information content (AvgIpc) is 3.13. The highest BCUT2D eigenvalue weighted by Gasteiger charge is 2.36. The van der Waals surface area contributed by atoms with E-state index in [2.05, 4.69) is 32.2 Å². The average molecular weight is 664 g/mol. The first-order valence-corrected chi connectivity index (χ1v) is 18.2. The van der Waals surface area contributed by atoms with Gasteiger partial charge in [-0.1, -0.05) is 113 Å². The van der Waals surface area contributed by atoms with Crippen LogP contribution in [0.15, 0.2) is 79.9 Å². The van der Waals surface area contributed by atoms with Crippen molar-refractivity contribution in [3.05, 3.63) is 91.0 Å². The molecule has 0 radical (unpaired) electrons. The van der Waals surface area contributed by atoms with Gasteiger partial charge < -0.3 is 28.6 Å². The number of unbranched alkanes of at least 4 members (excludes halogenated alkanes) is 7. The van der Waals surface area contributed by atoms with Gasteiger partial charge in [-0.15, -0.1) is 13.2 Å². The van der Waals surface area contributed by atoms with E-state index in [4.69, 9.17) is 23.7 Å². The quantitative estimate of drug-likeness (QED) is 0.0740. The molecule has 1 amide bonds. The second-order valence-electron chi connectivity index (χ2n) is 12.7. The summed E-state index contributed by atoms with van der Waals surface area (Å²) in [5.74, 6) is 0.793. The summed E-state index contributed by atoms with van der Waals surface area (Å²) in [6.45, 7) is 13.3. The predicted molar refractivity (Wildman–Crippen MR) is 194 cm³/mol. The summed E-state index contributed by atoms with van der Waals surface area (Å²) < 4.78 is 31.3. The first-order chi connectivity index (χ1) is 23.6. The van der Waals surface area contributed by atoms with E-state index in [1.54, 1.807) is 7.11 Å². The van der Waals surface area contributed by atoms with Gasteiger partial charge >= 0.3 is 0 Å². The molecule has 0 unspecified atom stereocenters. The first kappa shape index (κ1) is 39.5. The van der Waals surface area contributed by atoms with Gasteiger partial charge in [-0.25, -0.2) is 0 Å². The minimum atomic E-state index is -0.629. The number of nitrogens with zero attached hydrogens (tertiary/aromatic N) is 1. The number of amides is 1. The van der Waals surface area contributed by atoms with Crippen molar-refractivity contribution < 1.29 is 28.5 Å². The molecule has 0 bridgehead atoms. The van der Waals surface area contributed by atoms with Gasteiger partial charge in [0.25, 0.3) is 5.91 Å². The third kappa shape index (κ3) is 14.7. The smallest absolute Gasteiger partial charge is 0.251 e. The number of hydrogen-bond acceptors (Lipinski definition) is 6. The summed E-state index contributed by atoms with van der Waals surface area (Å²) in [4.78, 5) is 15.7. The summed E-state index contributed by atoms with van der Waals surface area (Å²) in [5, 5.41) is 0. The van der Waals surface area contributed by atoms with Gasteiger partial charge in [-0.05, 0) is 48.9 Å². The van der Waals surface area contributed by atoms with E-state index in [1.165, 1.54) is 38.5 Å². The van der Waals surface area contributed by atoms with Gasteiger partial charge in [0.2, 0.25) is 0 Å². The zero-order valence-corrected chi connectivity index (χ0v) is 29.7. The van der Waals surface area contributed by atoms with E-state index in [9.17, 15) is 4.79 Å². The number of hydrogen-bond donors (Lipinski definition) is 0. The van der Waals surface area contributed by atoms with E-state index in [-0.39, 0.29) is 12.0 Å². The molecule has 0 saturated carbocycles. The predicted octanol–water partition coefficient (Wildman–Crippen LogP) is 8.85. The minimum Gasteiger partial charge on any atom is -0.497 e. The summed E-state index contributed by atoms with van der Waals surface area (Å²) >= 11 is 0. The van der Waals surface area contributed by atoms with Gasteiger partial charge in [0, 0.05) is 13.1 Å². The third-order valence-corrected chi connectivity index (χ3v) is 8.95. The Bertz CT molecular complexity index is 1130. The Morgan fingerprint density at radius 2 is 1.46 bits per heavy atom. The molecule has 48 heavy (non-hydrogen) atoms. The van der Waals surface area contributed by atoms with Crippen molar-refractivity contribution in [3.63, 3.8) is 0 Å². The highest BCUT2D eigenvalue weighted by Crippen LogP contribution is 2.26. The lowest BCUT2D eigenvalue weighted by atomic mass is 9.97. The fraction of sp³-hybridized carbons (Fsp3) is 0.585. The van der Waals surface area contributed by atoms with Gasteiger partial charge in [0.1, 0.15) is 18.0 Å². The molecule has 7 heteroatoms. The maximum absolute atomic E-state index is 13.8. The van der Waals surface area contributed by atoms with Gasteiger partial charge in [-0.3, -0.25) is 4.79 Å². The molecule has 266 valence electrons. The Hall–Kier alpha value is -2.97. The molecule has 7 nitrogen and oxygen atoms in total. The fourth-order valence-electron chi connectivity index (χ4n) is 6.12. The second-order valence-corrected chi connectivity index (χ2v) is 12.7. The Balaban J connectivity index is 1.86. The summed E-state index contributed by atoms with van der Waals surface area (Å²) in [6, 6.07) is 18.2. The zero-order valence-electron chi connectivity index (χ0n) is 29.7. The number of methoxy groups -OCH3 is 1. The van der Waals surface area contributed by atoms with Gasteiger partial charge in [-0.2, -0.15) is 0 Å². The summed E-state index contributed by atoms with van der Waals surface area (Å²) in [6.07, 6.45) is 14.4. The molecule has 1 aliphatic rings. The van der Waals surface area contributed by atoms with Crippen LogP contribution in [-0.4, -0.2) is 68.6 Å². The molecule has 2 aromatic carbocycles. The van der Waals surface area contributed by atoms with Crippen molar-refractivity contribution in [2.45, 2.75) is 122 Å². The van der Waals surface area contributed by atoms with Crippen LogP contribution in [0.4, 0.5) is 0 Å². The summed E-state index contributed by atoms with van der Waals surface area (Å²) in [7, 11) is 1.67. The molecule has 4 atom stereocenters. The van der Waals surface area contributed by atoms with Crippen molar-refractivity contribution in [2.75, 3.05) is 33.4 Å². The molecule has 2 aromatic rings. The van der Waals surface area contributed by atoms with Crippen LogP contribution < -0.4 is 4.74 Å². The molecular weight excluding hydrogens is 602 g/mol. The molecule has 0 spiro atoms. The number of rotatable bonds is 26. The number of allylic oxidation sites excluding steroid dienone is 1. The number of carbonyl (C=O) groups is 1. The van der Waals surface area contributed by atoms with E-state index < -0.39 is 18.3 Å². The van der Waals surface area contributed by atoms with Crippen LogP contribution in [0.3, 0.4) is 0 Å².